The van der Waals surface area contributed by atoms with Crippen LogP contribution < -0.4 is 0 Å². The molecule has 0 aliphatic rings. The first-order valence-corrected chi connectivity index (χ1v) is 6.06. The van der Waals surface area contributed by atoms with E-state index in [0.717, 1.165) is 18.6 Å². The van der Waals surface area contributed by atoms with Gasteiger partial charge in [-0.25, -0.2) is 0 Å². The molecule has 0 radical (unpaired) electrons. The van der Waals surface area contributed by atoms with Crippen molar-refractivity contribution in [3.8, 4) is 0 Å². The molecule has 0 amide bonds. The molecular formula is C11H22OS. The second kappa shape index (κ2) is 5.69. The van der Waals surface area contributed by atoms with Crippen molar-refractivity contribution < 1.29 is 4.79 Å². The molecule has 1 nitrogen and oxygen atoms in total. The molecular weight excluding hydrogens is 180 g/mol. The first-order chi connectivity index (χ1) is 5.90. The molecule has 0 heterocycles. The summed E-state index contributed by atoms with van der Waals surface area (Å²) in [5, 5.41) is 0.343. The molecule has 2 heteroatoms. The minimum atomic E-state index is -0.137. The normalized spacial score (nSPS) is 12.2. The fourth-order valence-corrected chi connectivity index (χ4v) is 2.04. The molecule has 0 fully saturated rings. The summed E-state index contributed by atoms with van der Waals surface area (Å²) in [5.41, 5.74) is -0.137. The lowest BCUT2D eigenvalue weighted by molar-refractivity contribution is -0.118. The Kier molecular flexibility index (Phi) is 5.70. The van der Waals surface area contributed by atoms with Crippen LogP contribution in [0.5, 0.6) is 0 Å². The van der Waals surface area contributed by atoms with Gasteiger partial charge in [0.05, 0.1) is 0 Å². The quantitative estimate of drug-likeness (QED) is 0.675. The average molecular weight is 202 g/mol. The van der Waals surface area contributed by atoms with Gasteiger partial charge in [-0.15, -0.1) is 0 Å². The molecule has 0 atom stereocenters. The Morgan fingerprint density at radius 3 is 2.31 bits per heavy atom. The summed E-state index contributed by atoms with van der Waals surface area (Å²) < 4.78 is 0. The number of carbonyl (C=O) groups is 1. The first kappa shape index (κ1) is 13.0. The summed E-state index contributed by atoms with van der Waals surface area (Å²) in [4.78, 5) is 11.6. The van der Waals surface area contributed by atoms with Gasteiger partial charge in [0.2, 0.25) is 0 Å². The van der Waals surface area contributed by atoms with Gasteiger partial charge in [0.25, 0.3) is 0 Å². The molecule has 0 bridgehead atoms. The Hall–Kier alpha value is 0.0200. The van der Waals surface area contributed by atoms with Gasteiger partial charge in [0.1, 0.15) is 0 Å². The van der Waals surface area contributed by atoms with E-state index < -0.39 is 0 Å². The smallest absolute Gasteiger partial charge is 0.194 e. The SMILES string of the molecule is CCC(C)(C)C(=O)SCCC(C)C. The van der Waals surface area contributed by atoms with E-state index >= 15 is 0 Å². The van der Waals surface area contributed by atoms with Gasteiger partial charge in [0.15, 0.2) is 5.12 Å². The topological polar surface area (TPSA) is 17.1 Å². The summed E-state index contributed by atoms with van der Waals surface area (Å²) in [5.74, 6) is 1.67. The maximum atomic E-state index is 11.6. The van der Waals surface area contributed by atoms with E-state index in [0.29, 0.717) is 11.0 Å². The van der Waals surface area contributed by atoms with E-state index in [4.69, 9.17) is 0 Å². The molecule has 0 spiro atoms. The van der Waals surface area contributed by atoms with E-state index in [-0.39, 0.29) is 5.41 Å². The third kappa shape index (κ3) is 5.35. The molecule has 0 aromatic rings. The molecule has 0 aromatic carbocycles. The Morgan fingerprint density at radius 2 is 1.92 bits per heavy atom. The minimum absolute atomic E-state index is 0.137. The second-order valence-electron chi connectivity index (χ2n) is 4.56. The van der Waals surface area contributed by atoms with Crippen LogP contribution in [0.15, 0.2) is 0 Å². The van der Waals surface area contributed by atoms with Crippen molar-refractivity contribution in [1.29, 1.82) is 0 Å². The molecule has 0 N–H and O–H groups in total. The van der Waals surface area contributed by atoms with Crippen molar-refractivity contribution in [2.75, 3.05) is 5.75 Å². The van der Waals surface area contributed by atoms with E-state index in [1.54, 1.807) is 0 Å². The lowest BCUT2D eigenvalue weighted by Crippen LogP contribution is -2.20. The van der Waals surface area contributed by atoms with Gasteiger partial charge in [0, 0.05) is 11.2 Å². The first-order valence-electron chi connectivity index (χ1n) is 5.07. The number of hydrogen-bond donors (Lipinski definition) is 0. The lowest BCUT2D eigenvalue weighted by Gasteiger charge is -2.19. The highest BCUT2D eigenvalue weighted by Crippen LogP contribution is 2.27. The highest BCUT2D eigenvalue weighted by Gasteiger charge is 2.25. The molecule has 78 valence electrons. The van der Waals surface area contributed by atoms with Crippen LogP contribution >= 0.6 is 11.8 Å². The van der Waals surface area contributed by atoms with Crippen molar-refractivity contribution in [3.05, 3.63) is 0 Å². The maximum absolute atomic E-state index is 11.6. The minimum Gasteiger partial charge on any atom is -0.287 e. The van der Waals surface area contributed by atoms with Crippen LogP contribution in [-0.2, 0) is 4.79 Å². The summed E-state index contributed by atoms with van der Waals surface area (Å²) in [6, 6.07) is 0. The van der Waals surface area contributed by atoms with Crippen LogP contribution in [0.2, 0.25) is 0 Å². The number of hydrogen-bond acceptors (Lipinski definition) is 2. The van der Waals surface area contributed by atoms with Crippen LogP contribution in [0.4, 0.5) is 0 Å². The van der Waals surface area contributed by atoms with Crippen molar-refractivity contribution in [3.63, 3.8) is 0 Å². The van der Waals surface area contributed by atoms with Gasteiger partial charge in [-0.05, 0) is 18.8 Å². The van der Waals surface area contributed by atoms with Crippen LogP contribution in [0, 0.1) is 11.3 Å². The zero-order valence-corrected chi connectivity index (χ0v) is 10.3. The van der Waals surface area contributed by atoms with Crippen LogP contribution in [0.1, 0.15) is 47.5 Å². The fourth-order valence-electron chi connectivity index (χ4n) is 0.727. The molecule has 0 aromatic heterocycles. The molecule has 0 saturated carbocycles. The van der Waals surface area contributed by atoms with Crippen LogP contribution in [-0.4, -0.2) is 10.9 Å². The van der Waals surface area contributed by atoms with Gasteiger partial charge in [-0.2, -0.15) is 0 Å². The molecule has 0 aliphatic carbocycles. The Labute approximate surface area is 86.7 Å². The van der Waals surface area contributed by atoms with Gasteiger partial charge >= 0.3 is 0 Å². The van der Waals surface area contributed by atoms with Crippen molar-refractivity contribution in [2.24, 2.45) is 11.3 Å². The zero-order valence-electron chi connectivity index (χ0n) is 9.52. The van der Waals surface area contributed by atoms with Gasteiger partial charge < -0.3 is 0 Å². The Bertz CT molecular complexity index is 161. The predicted molar refractivity (Wildman–Crippen MR) is 61.0 cm³/mol. The summed E-state index contributed by atoms with van der Waals surface area (Å²) >= 11 is 1.50. The Morgan fingerprint density at radius 1 is 1.38 bits per heavy atom. The predicted octanol–water partition coefficient (Wildman–Crippen LogP) is 3.73. The zero-order chi connectivity index (χ0) is 10.5. The molecule has 0 rings (SSSR count). The Balaban J connectivity index is 3.75. The third-order valence-corrected chi connectivity index (χ3v) is 3.62. The van der Waals surface area contributed by atoms with Gasteiger partial charge in [-0.1, -0.05) is 46.4 Å². The van der Waals surface area contributed by atoms with Crippen molar-refractivity contribution in [1.82, 2.24) is 0 Å². The largest absolute Gasteiger partial charge is 0.287 e. The highest BCUT2D eigenvalue weighted by atomic mass is 32.2. The van der Waals surface area contributed by atoms with Crippen LogP contribution in [0.3, 0.4) is 0 Å². The summed E-state index contributed by atoms with van der Waals surface area (Å²) in [6.45, 7) is 10.5. The average Bonchev–Trinajstić information content (AvgIpc) is 2.03. The lowest BCUT2D eigenvalue weighted by atomic mass is 9.92. The molecule has 0 unspecified atom stereocenters. The maximum Gasteiger partial charge on any atom is 0.194 e. The monoisotopic (exact) mass is 202 g/mol. The fraction of sp³-hybridized carbons (Fsp3) is 0.909. The number of carbonyl (C=O) groups excluding carboxylic acids is 1. The summed E-state index contributed by atoms with van der Waals surface area (Å²) in [6.07, 6.45) is 2.07. The van der Waals surface area contributed by atoms with Crippen molar-refractivity contribution >= 4 is 16.9 Å². The van der Waals surface area contributed by atoms with E-state index in [9.17, 15) is 4.79 Å². The standard InChI is InChI=1S/C11H22OS/c1-6-11(4,5)10(12)13-8-7-9(2)3/h9H,6-8H2,1-5H3. The van der Waals surface area contributed by atoms with Gasteiger partial charge in [-0.3, -0.25) is 4.79 Å². The second-order valence-corrected chi connectivity index (χ2v) is 5.62. The molecule has 0 saturated heterocycles. The van der Waals surface area contributed by atoms with E-state index in [1.165, 1.54) is 11.8 Å². The molecule has 13 heavy (non-hydrogen) atoms. The van der Waals surface area contributed by atoms with E-state index in [1.807, 2.05) is 13.8 Å². The number of thioether (sulfide) groups is 1. The molecule has 0 aliphatic heterocycles. The highest BCUT2D eigenvalue weighted by molar-refractivity contribution is 8.13. The third-order valence-electron chi connectivity index (χ3n) is 2.36. The van der Waals surface area contributed by atoms with Crippen LogP contribution in [0.25, 0.3) is 0 Å². The summed E-state index contributed by atoms with van der Waals surface area (Å²) in [7, 11) is 0. The van der Waals surface area contributed by atoms with Crippen molar-refractivity contribution in [2.45, 2.75) is 47.5 Å². The number of rotatable bonds is 5. The van der Waals surface area contributed by atoms with E-state index in [2.05, 4.69) is 20.8 Å².